The predicted octanol–water partition coefficient (Wildman–Crippen LogP) is 3.31. The summed E-state index contributed by atoms with van der Waals surface area (Å²) in [5.74, 6) is -0.911. The molecule has 0 aliphatic heterocycles. The van der Waals surface area contributed by atoms with E-state index in [0.717, 1.165) is 11.3 Å². The first-order valence-corrected chi connectivity index (χ1v) is 9.71. The first kappa shape index (κ1) is 19.1. The number of hydrogen-bond acceptors (Lipinski definition) is 6. The van der Waals surface area contributed by atoms with Crippen molar-refractivity contribution in [3.63, 3.8) is 0 Å². The molecule has 0 spiro atoms. The summed E-state index contributed by atoms with van der Waals surface area (Å²) in [6.45, 7) is 4.21. The number of nitrogens with one attached hydrogen (secondary N) is 2. The van der Waals surface area contributed by atoms with Gasteiger partial charge in [-0.3, -0.25) is 9.59 Å². The molecule has 0 saturated carbocycles. The molecule has 0 aliphatic carbocycles. The Morgan fingerprint density at radius 1 is 1.24 bits per heavy atom. The molecule has 2 aromatic rings. The summed E-state index contributed by atoms with van der Waals surface area (Å²) in [5.41, 5.74) is 0.959. The standard InChI is InChI=1S/C17H20N2O4S2/c1-3-12-9-13(17(22)23-4-2)16(25-12)19-14(20)5-7-18-15(21)11-6-8-24-10-11/h6,8-10H,3-5,7H2,1-2H3,(H,18,21)(H,19,20). The molecule has 0 radical (unpaired) electrons. The second kappa shape index (κ2) is 9.33. The van der Waals surface area contributed by atoms with E-state index in [1.807, 2.05) is 12.3 Å². The van der Waals surface area contributed by atoms with Crippen LogP contribution < -0.4 is 10.6 Å². The van der Waals surface area contributed by atoms with Crippen molar-refractivity contribution in [3.05, 3.63) is 38.9 Å². The zero-order valence-corrected chi connectivity index (χ0v) is 15.7. The maximum atomic E-state index is 12.1. The molecule has 0 aromatic carbocycles. The fourth-order valence-electron chi connectivity index (χ4n) is 2.04. The van der Waals surface area contributed by atoms with Crippen molar-refractivity contribution < 1.29 is 19.1 Å². The van der Waals surface area contributed by atoms with Crippen LogP contribution in [0.3, 0.4) is 0 Å². The van der Waals surface area contributed by atoms with Crippen molar-refractivity contribution in [2.75, 3.05) is 18.5 Å². The second-order valence-electron chi connectivity index (χ2n) is 5.10. The summed E-state index contributed by atoms with van der Waals surface area (Å²) in [7, 11) is 0. The van der Waals surface area contributed by atoms with Gasteiger partial charge in [0, 0.05) is 28.8 Å². The van der Waals surface area contributed by atoms with Gasteiger partial charge in [-0.05, 0) is 30.9 Å². The van der Waals surface area contributed by atoms with E-state index in [1.54, 1.807) is 24.4 Å². The number of carbonyl (C=O) groups is 3. The topological polar surface area (TPSA) is 84.5 Å². The van der Waals surface area contributed by atoms with Gasteiger partial charge in [0.25, 0.3) is 5.91 Å². The molecule has 0 bridgehead atoms. The van der Waals surface area contributed by atoms with Crippen molar-refractivity contribution in [1.29, 1.82) is 0 Å². The van der Waals surface area contributed by atoms with Gasteiger partial charge in [0.2, 0.25) is 5.91 Å². The Morgan fingerprint density at radius 3 is 2.68 bits per heavy atom. The predicted molar refractivity (Wildman–Crippen MR) is 99.6 cm³/mol. The number of thiophene rings is 2. The molecule has 0 saturated heterocycles. The average molecular weight is 380 g/mol. The summed E-state index contributed by atoms with van der Waals surface area (Å²) < 4.78 is 5.02. The van der Waals surface area contributed by atoms with Crippen molar-refractivity contribution in [1.82, 2.24) is 5.32 Å². The molecule has 2 heterocycles. The van der Waals surface area contributed by atoms with Crippen LogP contribution in [-0.4, -0.2) is 30.9 Å². The molecule has 0 aliphatic rings. The molecular weight excluding hydrogens is 360 g/mol. The van der Waals surface area contributed by atoms with Crippen LogP contribution in [0.5, 0.6) is 0 Å². The Morgan fingerprint density at radius 2 is 2.04 bits per heavy atom. The van der Waals surface area contributed by atoms with E-state index in [1.165, 1.54) is 22.7 Å². The van der Waals surface area contributed by atoms with Crippen LogP contribution in [0.4, 0.5) is 5.00 Å². The lowest BCUT2D eigenvalue weighted by molar-refractivity contribution is -0.116. The monoisotopic (exact) mass is 380 g/mol. The van der Waals surface area contributed by atoms with Gasteiger partial charge in [0.1, 0.15) is 5.00 Å². The van der Waals surface area contributed by atoms with Gasteiger partial charge in [-0.1, -0.05) is 6.92 Å². The van der Waals surface area contributed by atoms with Gasteiger partial charge >= 0.3 is 5.97 Å². The summed E-state index contributed by atoms with van der Waals surface area (Å²) in [5, 5.41) is 9.50. The minimum absolute atomic E-state index is 0.123. The van der Waals surface area contributed by atoms with E-state index in [9.17, 15) is 14.4 Å². The molecule has 0 unspecified atom stereocenters. The molecule has 2 aromatic heterocycles. The molecular formula is C17H20N2O4S2. The number of amides is 2. The number of hydrogen-bond donors (Lipinski definition) is 2. The maximum Gasteiger partial charge on any atom is 0.341 e. The van der Waals surface area contributed by atoms with Crippen LogP contribution in [-0.2, 0) is 16.0 Å². The molecule has 0 fully saturated rings. The number of rotatable bonds is 8. The van der Waals surface area contributed by atoms with Crippen LogP contribution in [0.15, 0.2) is 22.9 Å². The molecule has 134 valence electrons. The highest BCUT2D eigenvalue weighted by Gasteiger charge is 2.18. The molecule has 8 heteroatoms. The zero-order chi connectivity index (χ0) is 18.2. The average Bonchev–Trinajstić information content (AvgIpc) is 3.24. The fraction of sp³-hybridized carbons (Fsp3) is 0.353. The Balaban J connectivity index is 1.90. The number of ether oxygens (including phenoxy) is 1. The Kier molecular flexibility index (Phi) is 7.15. The van der Waals surface area contributed by atoms with Gasteiger partial charge in [-0.15, -0.1) is 11.3 Å². The first-order valence-electron chi connectivity index (χ1n) is 7.95. The van der Waals surface area contributed by atoms with Crippen LogP contribution in [0.2, 0.25) is 0 Å². The minimum Gasteiger partial charge on any atom is -0.462 e. The highest BCUT2D eigenvalue weighted by atomic mass is 32.1. The van der Waals surface area contributed by atoms with E-state index >= 15 is 0 Å². The highest BCUT2D eigenvalue weighted by Crippen LogP contribution is 2.29. The number of aryl methyl sites for hydroxylation is 1. The molecule has 2 amide bonds. The van der Waals surface area contributed by atoms with Crippen molar-refractivity contribution >= 4 is 45.5 Å². The van der Waals surface area contributed by atoms with Crippen molar-refractivity contribution in [2.24, 2.45) is 0 Å². The lowest BCUT2D eigenvalue weighted by Crippen LogP contribution is -2.27. The first-order chi connectivity index (χ1) is 12.0. The lowest BCUT2D eigenvalue weighted by atomic mass is 10.2. The van der Waals surface area contributed by atoms with Crippen LogP contribution in [0.1, 0.15) is 45.9 Å². The van der Waals surface area contributed by atoms with E-state index in [4.69, 9.17) is 4.74 Å². The van der Waals surface area contributed by atoms with Crippen LogP contribution in [0, 0.1) is 0 Å². The molecule has 2 N–H and O–H groups in total. The number of esters is 1. The molecule has 2 rings (SSSR count). The largest absolute Gasteiger partial charge is 0.462 e. The third-order valence-corrected chi connectivity index (χ3v) is 5.18. The SMILES string of the molecule is CCOC(=O)c1cc(CC)sc1NC(=O)CCNC(=O)c1ccsc1. The highest BCUT2D eigenvalue weighted by molar-refractivity contribution is 7.16. The fourth-order valence-corrected chi connectivity index (χ4v) is 3.68. The van der Waals surface area contributed by atoms with Crippen LogP contribution in [0.25, 0.3) is 0 Å². The smallest absolute Gasteiger partial charge is 0.341 e. The summed E-state index contributed by atoms with van der Waals surface area (Å²) in [6.07, 6.45) is 0.890. The van der Waals surface area contributed by atoms with E-state index in [0.29, 0.717) is 16.1 Å². The summed E-state index contributed by atoms with van der Waals surface area (Å²) in [6, 6.07) is 3.47. The van der Waals surface area contributed by atoms with Gasteiger partial charge in [-0.2, -0.15) is 11.3 Å². The quantitative estimate of drug-likeness (QED) is 0.688. The third-order valence-electron chi connectivity index (χ3n) is 3.30. The maximum absolute atomic E-state index is 12.1. The van der Waals surface area contributed by atoms with Gasteiger partial charge in [0.05, 0.1) is 12.2 Å². The Hall–Kier alpha value is -2.19. The van der Waals surface area contributed by atoms with Crippen molar-refractivity contribution in [2.45, 2.75) is 26.7 Å². The van der Waals surface area contributed by atoms with E-state index < -0.39 is 5.97 Å². The lowest BCUT2D eigenvalue weighted by Gasteiger charge is -2.07. The van der Waals surface area contributed by atoms with Crippen molar-refractivity contribution in [3.8, 4) is 0 Å². The van der Waals surface area contributed by atoms with Gasteiger partial charge < -0.3 is 15.4 Å². The summed E-state index contributed by atoms with van der Waals surface area (Å²) >= 11 is 2.80. The normalized spacial score (nSPS) is 10.3. The number of carbonyl (C=O) groups excluding carboxylic acids is 3. The molecule has 0 atom stereocenters. The van der Waals surface area contributed by atoms with Crippen LogP contribution >= 0.6 is 22.7 Å². The Labute approximate surface area is 154 Å². The minimum atomic E-state index is -0.445. The zero-order valence-electron chi connectivity index (χ0n) is 14.1. The molecule has 25 heavy (non-hydrogen) atoms. The van der Waals surface area contributed by atoms with E-state index in [-0.39, 0.29) is 31.4 Å². The van der Waals surface area contributed by atoms with E-state index in [2.05, 4.69) is 10.6 Å². The summed E-state index contributed by atoms with van der Waals surface area (Å²) in [4.78, 5) is 36.9. The number of anilines is 1. The van der Waals surface area contributed by atoms with Gasteiger partial charge in [0.15, 0.2) is 0 Å². The third kappa shape index (κ3) is 5.40. The molecule has 6 nitrogen and oxygen atoms in total. The van der Waals surface area contributed by atoms with Gasteiger partial charge in [-0.25, -0.2) is 4.79 Å². The second-order valence-corrected chi connectivity index (χ2v) is 7.01. The Bertz CT molecular complexity index is 738.